The van der Waals surface area contributed by atoms with Crippen molar-refractivity contribution in [2.75, 3.05) is 26.4 Å². The van der Waals surface area contributed by atoms with Crippen LogP contribution in [-0.2, 0) is 42.2 Å². The van der Waals surface area contributed by atoms with Crippen molar-refractivity contribution in [2.24, 2.45) is 0 Å². The molecule has 3 unspecified atom stereocenters. The first-order valence-electron chi connectivity index (χ1n) is 31.8. The van der Waals surface area contributed by atoms with Crippen LogP contribution >= 0.6 is 7.82 Å². The van der Waals surface area contributed by atoms with Gasteiger partial charge in [-0.2, -0.15) is 0 Å². The Bertz CT molecular complexity index is 1590. The van der Waals surface area contributed by atoms with E-state index in [4.69, 9.17) is 23.3 Å². The molecule has 0 aliphatic rings. The van der Waals surface area contributed by atoms with Crippen LogP contribution in [0.2, 0.25) is 0 Å². The van der Waals surface area contributed by atoms with Crippen molar-refractivity contribution in [3.05, 3.63) is 72.9 Å². The number of allylic oxidation sites excluding steroid dienone is 12. The zero-order chi connectivity index (χ0) is 56.9. The Hall–Kier alpha value is -3.08. The Balaban J connectivity index is 4.68. The molecule has 0 aromatic heterocycles. The molecule has 11 nitrogen and oxygen atoms in total. The molecule has 0 aliphatic heterocycles. The van der Waals surface area contributed by atoms with E-state index in [1.807, 2.05) is 0 Å². The summed E-state index contributed by atoms with van der Waals surface area (Å²) >= 11 is 0. The monoisotopic (exact) mass is 1120 g/mol. The summed E-state index contributed by atoms with van der Waals surface area (Å²) in [6.07, 6.45) is 68.4. The SMILES string of the molecule is CCCCC/C=C\C/C=C\C/C=C\CCCCCCCCC(=O)OC(COC(=O)CCCCCCC/C=C\CCCCCC)COP(=O)(O)OCC(CO)OC(=O)CCCCCCCCCCC/C=C\C/C=C\CCCCC. The lowest BCUT2D eigenvalue weighted by atomic mass is 10.1. The summed E-state index contributed by atoms with van der Waals surface area (Å²) in [6.45, 7) is 4.58. The molecule has 0 radical (unpaired) electrons. The lowest BCUT2D eigenvalue weighted by molar-refractivity contribution is -0.161. The van der Waals surface area contributed by atoms with E-state index in [0.29, 0.717) is 19.3 Å². The highest BCUT2D eigenvalue weighted by Crippen LogP contribution is 2.43. The minimum absolute atomic E-state index is 0.150. The summed E-state index contributed by atoms with van der Waals surface area (Å²) in [5, 5.41) is 9.85. The molecule has 12 heteroatoms. The van der Waals surface area contributed by atoms with E-state index in [0.717, 1.165) is 122 Å². The van der Waals surface area contributed by atoms with E-state index in [1.54, 1.807) is 0 Å². The van der Waals surface area contributed by atoms with Crippen LogP contribution in [0.25, 0.3) is 0 Å². The molecule has 3 atom stereocenters. The summed E-state index contributed by atoms with van der Waals surface area (Å²) in [6, 6.07) is 0. The number of rotatable bonds is 59. The van der Waals surface area contributed by atoms with Crippen LogP contribution in [0, 0.1) is 0 Å². The smallest absolute Gasteiger partial charge is 0.462 e. The second-order valence-electron chi connectivity index (χ2n) is 21.2. The van der Waals surface area contributed by atoms with E-state index >= 15 is 0 Å². The minimum atomic E-state index is -4.76. The van der Waals surface area contributed by atoms with E-state index in [2.05, 4.69) is 93.7 Å². The molecule has 0 spiro atoms. The summed E-state index contributed by atoms with van der Waals surface area (Å²) < 4.78 is 39.6. The molecule has 0 amide bonds. The second kappa shape index (κ2) is 60.0. The van der Waals surface area contributed by atoms with Gasteiger partial charge in [-0.15, -0.1) is 0 Å². The third kappa shape index (κ3) is 57.6. The number of phosphoric ester groups is 1. The van der Waals surface area contributed by atoms with E-state index < -0.39 is 57.8 Å². The van der Waals surface area contributed by atoms with E-state index in [9.17, 15) is 28.9 Å². The molecule has 0 bridgehead atoms. The van der Waals surface area contributed by atoms with Gasteiger partial charge in [-0.25, -0.2) is 4.57 Å². The van der Waals surface area contributed by atoms with Crippen molar-refractivity contribution in [2.45, 2.75) is 303 Å². The predicted molar refractivity (Wildman–Crippen MR) is 325 cm³/mol. The van der Waals surface area contributed by atoms with Gasteiger partial charge in [-0.3, -0.25) is 23.4 Å². The summed E-state index contributed by atoms with van der Waals surface area (Å²) in [7, 11) is -4.76. The van der Waals surface area contributed by atoms with Gasteiger partial charge >= 0.3 is 25.7 Å². The first-order chi connectivity index (χ1) is 38.2. The van der Waals surface area contributed by atoms with Gasteiger partial charge in [0.1, 0.15) is 12.7 Å². The Kier molecular flexibility index (Phi) is 57.7. The van der Waals surface area contributed by atoms with Crippen LogP contribution in [0.1, 0.15) is 290 Å². The van der Waals surface area contributed by atoms with Gasteiger partial charge in [-0.1, -0.05) is 229 Å². The molecule has 0 fully saturated rings. The van der Waals surface area contributed by atoms with Gasteiger partial charge in [0.05, 0.1) is 19.8 Å². The second-order valence-corrected chi connectivity index (χ2v) is 22.7. The molecule has 78 heavy (non-hydrogen) atoms. The minimum Gasteiger partial charge on any atom is -0.462 e. The first kappa shape index (κ1) is 74.9. The Morgan fingerprint density at radius 2 is 0.628 bits per heavy atom. The first-order valence-corrected chi connectivity index (χ1v) is 33.3. The van der Waals surface area contributed by atoms with Crippen molar-refractivity contribution in [3.8, 4) is 0 Å². The fraction of sp³-hybridized carbons (Fsp3) is 0.773. The van der Waals surface area contributed by atoms with Crippen LogP contribution in [0.5, 0.6) is 0 Å². The lowest BCUT2D eigenvalue weighted by Gasteiger charge is -2.21. The number of hydrogen-bond acceptors (Lipinski definition) is 10. The average Bonchev–Trinajstić information content (AvgIpc) is 3.43. The van der Waals surface area contributed by atoms with Gasteiger partial charge in [0, 0.05) is 19.3 Å². The summed E-state index contributed by atoms with van der Waals surface area (Å²) in [4.78, 5) is 48.7. The average molecular weight is 1120 g/mol. The number of carbonyl (C=O) groups excluding carboxylic acids is 3. The highest BCUT2D eigenvalue weighted by Gasteiger charge is 2.28. The molecule has 0 rings (SSSR count). The number of carbonyl (C=O) groups is 3. The third-order valence-electron chi connectivity index (χ3n) is 13.6. The van der Waals surface area contributed by atoms with Gasteiger partial charge < -0.3 is 24.2 Å². The van der Waals surface area contributed by atoms with Crippen molar-refractivity contribution < 1.29 is 52.2 Å². The normalized spacial score (nSPS) is 13.8. The molecule has 0 aliphatic carbocycles. The van der Waals surface area contributed by atoms with Crippen LogP contribution < -0.4 is 0 Å². The number of esters is 3. The Morgan fingerprint density at radius 1 is 0.359 bits per heavy atom. The maximum Gasteiger partial charge on any atom is 0.472 e. The third-order valence-corrected chi connectivity index (χ3v) is 14.5. The number of aliphatic hydroxyl groups excluding tert-OH is 1. The van der Waals surface area contributed by atoms with Crippen molar-refractivity contribution in [1.82, 2.24) is 0 Å². The standard InChI is InChI=1S/C66H117O11P/c1-4-7-10-13-16-19-22-25-27-29-31-33-35-38-41-44-47-50-53-56-65(69)76-62(58-67)60-74-78(71,72)75-61-63(59-73-64(68)55-52-49-46-43-40-37-24-21-18-15-12-9-6-3)77-66(70)57-54-51-48-45-42-39-36-34-32-30-28-26-23-20-17-14-11-8-5-2/h16-17,19-21,24-28,32,34,62-63,67H,4-15,18,22-23,29-31,33,35-61H2,1-3H3,(H,71,72)/b19-16-,20-17-,24-21-,27-25-,28-26-,34-32-. The quantitative estimate of drug-likeness (QED) is 0.0197. The Labute approximate surface area is 478 Å². The van der Waals surface area contributed by atoms with Crippen LogP contribution in [0.4, 0.5) is 0 Å². The van der Waals surface area contributed by atoms with Gasteiger partial charge in [0.15, 0.2) is 6.10 Å². The van der Waals surface area contributed by atoms with E-state index in [-0.39, 0.29) is 25.9 Å². The number of hydrogen-bond donors (Lipinski definition) is 2. The number of ether oxygens (including phenoxy) is 3. The number of phosphoric acid groups is 1. The molecule has 0 aromatic rings. The molecule has 0 aromatic carbocycles. The van der Waals surface area contributed by atoms with Crippen LogP contribution in [0.15, 0.2) is 72.9 Å². The van der Waals surface area contributed by atoms with Crippen molar-refractivity contribution in [3.63, 3.8) is 0 Å². The molecule has 0 heterocycles. The zero-order valence-electron chi connectivity index (χ0n) is 50.1. The number of aliphatic hydroxyl groups is 1. The maximum atomic E-state index is 12.9. The molecular formula is C66H117O11P. The largest absolute Gasteiger partial charge is 0.472 e. The molecular weight excluding hydrogens is 1000 g/mol. The van der Waals surface area contributed by atoms with Crippen molar-refractivity contribution >= 4 is 25.7 Å². The van der Waals surface area contributed by atoms with Crippen molar-refractivity contribution in [1.29, 1.82) is 0 Å². The van der Waals surface area contributed by atoms with Crippen LogP contribution in [-0.4, -0.2) is 66.5 Å². The molecule has 452 valence electrons. The fourth-order valence-corrected chi connectivity index (χ4v) is 9.47. The molecule has 0 saturated heterocycles. The Morgan fingerprint density at radius 3 is 1.00 bits per heavy atom. The maximum absolute atomic E-state index is 12.9. The lowest BCUT2D eigenvalue weighted by Crippen LogP contribution is -2.30. The molecule has 2 N–H and O–H groups in total. The highest BCUT2D eigenvalue weighted by atomic mass is 31.2. The van der Waals surface area contributed by atoms with Gasteiger partial charge in [0.2, 0.25) is 0 Å². The van der Waals surface area contributed by atoms with Gasteiger partial charge in [-0.05, 0) is 116 Å². The fourth-order valence-electron chi connectivity index (χ4n) is 8.68. The van der Waals surface area contributed by atoms with E-state index in [1.165, 1.54) is 109 Å². The summed E-state index contributed by atoms with van der Waals surface area (Å²) in [5.74, 6) is -1.48. The zero-order valence-corrected chi connectivity index (χ0v) is 51.0. The predicted octanol–water partition coefficient (Wildman–Crippen LogP) is 19.3. The highest BCUT2D eigenvalue weighted by molar-refractivity contribution is 7.47. The molecule has 0 saturated carbocycles. The van der Waals surface area contributed by atoms with Crippen LogP contribution in [0.3, 0.4) is 0 Å². The number of unbranched alkanes of at least 4 members (excludes halogenated alkanes) is 30. The van der Waals surface area contributed by atoms with Gasteiger partial charge in [0.25, 0.3) is 0 Å². The topological polar surface area (TPSA) is 155 Å². The summed E-state index contributed by atoms with van der Waals surface area (Å²) in [5.41, 5.74) is 0.